The monoisotopic (exact) mass is 663 g/mol. The summed E-state index contributed by atoms with van der Waals surface area (Å²) in [5.41, 5.74) is 12.4. The highest BCUT2D eigenvalue weighted by atomic mass is 16.3. The molecule has 0 aliphatic carbocycles. The van der Waals surface area contributed by atoms with Crippen molar-refractivity contribution < 1.29 is 4.42 Å². The second-order valence-electron chi connectivity index (χ2n) is 13.7. The van der Waals surface area contributed by atoms with Crippen molar-refractivity contribution >= 4 is 87.4 Å². The summed E-state index contributed by atoms with van der Waals surface area (Å²) in [6.45, 7) is 0. The van der Waals surface area contributed by atoms with Gasteiger partial charge in [0, 0.05) is 60.2 Å². The fourth-order valence-corrected chi connectivity index (χ4v) is 8.86. The van der Waals surface area contributed by atoms with Gasteiger partial charge in [0.25, 0.3) is 0 Å². The Bertz CT molecular complexity index is 3410. The molecule has 12 aromatic rings. The number of benzene rings is 8. The average molecular weight is 664 g/mol. The molecule has 4 nitrogen and oxygen atoms in total. The van der Waals surface area contributed by atoms with Gasteiger partial charge in [0.2, 0.25) is 0 Å². The molecular formula is C48H29N3O. The molecule has 8 aromatic carbocycles. The number of aromatic nitrogens is 3. The summed E-state index contributed by atoms with van der Waals surface area (Å²) in [4.78, 5) is 0. The lowest BCUT2D eigenvalue weighted by Gasteiger charge is -2.11. The Balaban J connectivity index is 1.19. The summed E-state index contributed by atoms with van der Waals surface area (Å²) in [5.74, 6) is 0. The topological polar surface area (TPSA) is 27.9 Å². The lowest BCUT2D eigenvalue weighted by molar-refractivity contribution is 0.669. The van der Waals surface area contributed by atoms with Crippen LogP contribution in [0.2, 0.25) is 0 Å². The van der Waals surface area contributed by atoms with Crippen LogP contribution >= 0.6 is 0 Å². The Morgan fingerprint density at radius 2 is 0.808 bits per heavy atom. The van der Waals surface area contributed by atoms with Crippen LogP contribution < -0.4 is 0 Å². The first kappa shape index (κ1) is 27.7. The van der Waals surface area contributed by atoms with Gasteiger partial charge in [-0.25, -0.2) is 0 Å². The van der Waals surface area contributed by atoms with E-state index in [0.717, 1.165) is 39.0 Å². The lowest BCUT2D eigenvalue weighted by atomic mass is 10.1. The molecular weight excluding hydrogens is 635 g/mol. The van der Waals surface area contributed by atoms with Gasteiger partial charge >= 0.3 is 0 Å². The predicted molar refractivity (Wildman–Crippen MR) is 217 cm³/mol. The van der Waals surface area contributed by atoms with E-state index in [-0.39, 0.29) is 0 Å². The quantitative estimate of drug-likeness (QED) is 0.185. The average Bonchev–Trinajstić information content (AvgIpc) is 3.94. The number of hydrogen-bond donors (Lipinski definition) is 0. The van der Waals surface area contributed by atoms with Crippen LogP contribution in [-0.2, 0) is 0 Å². The molecule has 0 aliphatic rings. The number of hydrogen-bond acceptors (Lipinski definition) is 1. The van der Waals surface area contributed by atoms with Gasteiger partial charge in [0.1, 0.15) is 11.2 Å². The molecule has 0 amide bonds. The van der Waals surface area contributed by atoms with Gasteiger partial charge in [-0.1, -0.05) is 97.1 Å². The molecule has 12 rings (SSSR count). The van der Waals surface area contributed by atoms with E-state index in [1.54, 1.807) is 0 Å². The van der Waals surface area contributed by atoms with Crippen LogP contribution in [0.4, 0.5) is 0 Å². The van der Waals surface area contributed by atoms with Crippen molar-refractivity contribution in [2.24, 2.45) is 0 Å². The maximum Gasteiger partial charge on any atom is 0.135 e. The Morgan fingerprint density at radius 1 is 0.288 bits per heavy atom. The number of para-hydroxylation sites is 5. The second-order valence-corrected chi connectivity index (χ2v) is 13.7. The van der Waals surface area contributed by atoms with Crippen LogP contribution in [0, 0.1) is 0 Å². The third kappa shape index (κ3) is 3.65. The van der Waals surface area contributed by atoms with E-state index < -0.39 is 0 Å². The van der Waals surface area contributed by atoms with Crippen LogP contribution in [0.25, 0.3) is 104 Å². The number of fused-ring (bicyclic) bond motifs is 13. The molecule has 242 valence electrons. The van der Waals surface area contributed by atoms with Crippen molar-refractivity contribution in [1.82, 2.24) is 13.7 Å². The molecule has 0 radical (unpaired) electrons. The summed E-state index contributed by atoms with van der Waals surface area (Å²) < 4.78 is 13.5. The van der Waals surface area contributed by atoms with Crippen LogP contribution in [0.1, 0.15) is 0 Å². The highest BCUT2D eigenvalue weighted by molar-refractivity contribution is 6.26. The smallest absolute Gasteiger partial charge is 0.135 e. The fraction of sp³-hybridized carbons (Fsp3) is 0. The Labute approximate surface area is 297 Å². The second kappa shape index (κ2) is 10.3. The first-order valence-corrected chi connectivity index (χ1v) is 17.8. The first-order valence-electron chi connectivity index (χ1n) is 17.8. The van der Waals surface area contributed by atoms with Crippen molar-refractivity contribution in [3.63, 3.8) is 0 Å². The van der Waals surface area contributed by atoms with Crippen molar-refractivity contribution in [2.45, 2.75) is 0 Å². The van der Waals surface area contributed by atoms with Gasteiger partial charge < -0.3 is 18.1 Å². The van der Waals surface area contributed by atoms with Crippen LogP contribution in [0.15, 0.2) is 180 Å². The number of furan rings is 1. The van der Waals surface area contributed by atoms with Crippen LogP contribution in [-0.4, -0.2) is 13.7 Å². The minimum absolute atomic E-state index is 0.900. The highest BCUT2D eigenvalue weighted by Gasteiger charge is 2.22. The van der Waals surface area contributed by atoms with Crippen molar-refractivity contribution in [3.05, 3.63) is 176 Å². The summed E-state index contributed by atoms with van der Waals surface area (Å²) in [7, 11) is 0. The van der Waals surface area contributed by atoms with Crippen molar-refractivity contribution in [2.75, 3.05) is 0 Å². The normalized spacial score (nSPS) is 12.2. The van der Waals surface area contributed by atoms with Gasteiger partial charge in [-0.2, -0.15) is 0 Å². The van der Waals surface area contributed by atoms with Crippen molar-refractivity contribution in [1.29, 1.82) is 0 Å². The molecule has 0 N–H and O–H groups in total. The first-order chi connectivity index (χ1) is 25.8. The largest absolute Gasteiger partial charge is 0.456 e. The summed E-state index contributed by atoms with van der Waals surface area (Å²) in [6, 6.07) is 63.6. The van der Waals surface area contributed by atoms with Gasteiger partial charge in [0.15, 0.2) is 0 Å². The number of nitrogens with zero attached hydrogens (tertiary/aromatic N) is 3. The van der Waals surface area contributed by atoms with E-state index in [0.29, 0.717) is 0 Å². The third-order valence-corrected chi connectivity index (χ3v) is 11.0. The Hall–Kier alpha value is -7.04. The molecule has 0 unspecified atom stereocenters. The van der Waals surface area contributed by atoms with Gasteiger partial charge in [-0.3, -0.25) is 0 Å². The molecule has 4 heteroatoms. The zero-order valence-corrected chi connectivity index (χ0v) is 28.0. The standard InChI is InChI=1S/C48H29N3O/c1-2-12-30(13-3-1)49-40-18-8-5-15-34(40)38-28-31(22-25-43(38)49)50-42-20-10-6-17-37(42)47-44(50)26-24-36-33-14-4-9-19-41(33)51(48(36)47)32-23-27-46-39(29-32)35-16-7-11-21-45(35)52-46/h1-29H. The molecule has 52 heavy (non-hydrogen) atoms. The molecule has 0 aliphatic heterocycles. The summed E-state index contributed by atoms with van der Waals surface area (Å²) in [6.07, 6.45) is 0. The van der Waals surface area contributed by atoms with Crippen LogP contribution in [0.5, 0.6) is 0 Å². The fourth-order valence-electron chi connectivity index (χ4n) is 8.86. The lowest BCUT2D eigenvalue weighted by Crippen LogP contribution is -1.96. The Morgan fingerprint density at radius 3 is 1.62 bits per heavy atom. The van der Waals surface area contributed by atoms with Gasteiger partial charge in [-0.05, 0) is 78.9 Å². The molecule has 0 spiro atoms. The SMILES string of the molecule is c1ccc(-n2c3ccccc3c3cc(-n4c5ccccc5c5c4ccc4c6ccccc6n(-c6ccc7oc8ccccc8c7c6)c45)ccc32)cc1. The zero-order chi connectivity index (χ0) is 33.9. The molecule has 0 atom stereocenters. The zero-order valence-electron chi connectivity index (χ0n) is 28.0. The highest BCUT2D eigenvalue weighted by Crippen LogP contribution is 2.43. The Kier molecular flexibility index (Phi) is 5.47. The minimum Gasteiger partial charge on any atom is -0.456 e. The van der Waals surface area contributed by atoms with E-state index in [1.165, 1.54) is 65.4 Å². The summed E-state index contributed by atoms with van der Waals surface area (Å²) in [5, 5.41) is 9.69. The molecule has 4 heterocycles. The van der Waals surface area contributed by atoms with Gasteiger partial charge in [-0.15, -0.1) is 0 Å². The van der Waals surface area contributed by atoms with Crippen molar-refractivity contribution in [3.8, 4) is 17.1 Å². The maximum atomic E-state index is 6.25. The molecule has 0 bridgehead atoms. The third-order valence-electron chi connectivity index (χ3n) is 11.0. The van der Waals surface area contributed by atoms with E-state index in [9.17, 15) is 0 Å². The molecule has 0 saturated heterocycles. The molecule has 0 fully saturated rings. The molecule has 0 saturated carbocycles. The van der Waals surface area contributed by atoms with Crippen LogP contribution in [0.3, 0.4) is 0 Å². The van der Waals surface area contributed by atoms with E-state index in [1.807, 2.05) is 12.1 Å². The van der Waals surface area contributed by atoms with Gasteiger partial charge in [0.05, 0.1) is 33.1 Å². The van der Waals surface area contributed by atoms with E-state index in [2.05, 4.69) is 177 Å². The number of rotatable bonds is 3. The van der Waals surface area contributed by atoms with E-state index in [4.69, 9.17) is 4.42 Å². The predicted octanol–water partition coefficient (Wildman–Crippen LogP) is 12.9. The van der Waals surface area contributed by atoms with E-state index >= 15 is 0 Å². The maximum absolute atomic E-state index is 6.25. The summed E-state index contributed by atoms with van der Waals surface area (Å²) >= 11 is 0. The minimum atomic E-state index is 0.900. The molecule has 4 aromatic heterocycles.